The Morgan fingerprint density at radius 1 is 1.50 bits per heavy atom. The lowest BCUT2D eigenvalue weighted by molar-refractivity contribution is 0.160. The minimum atomic E-state index is -0.228. The van der Waals surface area contributed by atoms with Gasteiger partial charge in [0.25, 0.3) is 0 Å². The van der Waals surface area contributed by atoms with E-state index in [1.54, 1.807) is 6.07 Å². The summed E-state index contributed by atoms with van der Waals surface area (Å²) in [4.78, 5) is 2.06. The van der Waals surface area contributed by atoms with Crippen LogP contribution in [-0.2, 0) is 0 Å². The zero-order valence-electron chi connectivity index (χ0n) is 9.83. The van der Waals surface area contributed by atoms with E-state index in [9.17, 15) is 4.39 Å². The summed E-state index contributed by atoms with van der Waals surface area (Å²) in [6.45, 7) is 2.86. The van der Waals surface area contributed by atoms with E-state index in [1.807, 2.05) is 14.1 Å². The highest BCUT2D eigenvalue weighted by atomic mass is 19.1. The molecule has 0 radical (unpaired) electrons. The summed E-state index contributed by atoms with van der Waals surface area (Å²) in [5, 5.41) is 3.10. The van der Waals surface area contributed by atoms with Crippen LogP contribution in [0.4, 0.5) is 10.1 Å². The molecule has 3 nitrogen and oxygen atoms in total. The standard InChI is InChI=1S/C12H17FN2O/c1-8-12(7-14-2)16-11-5-4-9(13)6-10(11)15(8)3/h4-6,8,12,14H,7H2,1-3H3. The summed E-state index contributed by atoms with van der Waals surface area (Å²) < 4.78 is 19.0. The average Bonchev–Trinajstić information content (AvgIpc) is 2.27. The summed E-state index contributed by atoms with van der Waals surface area (Å²) in [7, 11) is 3.87. The van der Waals surface area contributed by atoms with Crippen molar-refractivity contribution in [2.24, 2.45) is 0 Å². The molecule has 1 N–H and O–H groups in total. The van der Waals surface area contributed by atoms with Crippen LogP contribution in [0.5, 0.6) is 5.75 Å². The van der Waals surface area contributed by atoms with E-state index in [0.29, 0.717) is 0 Å². The monoisotopic (exact) mass is 224 g/mol. The number of ether oxygens (including phenoxy) is 1. The van der Waals surface area contributed by atoms with Crippen LogP contribution in [-0.4, -0.2) is 32.8 Å². The first-order valence-corrected chi connectivity index (χ1v) is 5.47. The molecule has 2 rings (SSSR count). The van der Waals surface area contributed by atoms with E-state index < -0.39 is 0 Å². The number of benzene rings is 1. The largest absolute Gasteiger partial charge is 0.485 e. The van der Waals surface area contributed by atoms with Gasteiger partial charge in [-0.2, -0.15) is 0 Å². The zero-order valence-corrected chi connectivity index (χ0v) is 9.83. The van der Waals surface area contributed by atoms with Crippen molar-refractivity contribution in [2.45, 2.75) is 19.1 Å². The van der Waals surface area contributed by atoms with Crippen LogP contribution in [0.25, 0.3) is 0 Å². The minimum absolute atomic E-state index is 0.0907. The predicted octanol–water partition coefficient (Wildman–Crippen LogP) is 1.63. The van der Waals surface area contributed by atoms with Gasteiger partial charge in [-0.05, 0) is 26.1 Å². The second-order valence-electron chi connectivity index (χ2n) is 4.18. The van der Waals surface area contributed by atoms with Crippen molar-refractivity contribution in [3.63, 3.8) is 0 Å². The normalized spacial score (nSPS) is 23.9. The maximum atomic E-state index is 13.1. The van der Waals surface area contributed by atoms with E-state index in [-0.39, 0.29) is 18.0 Å². The van der Waals surface area contributed by atoms with Gasteiger partial charge in [0.2, 0.25) is 0 Å². The van der Waals surface area contributed by atoms with Gasteiger partial charge in [0.15, 0.2) is 0 Å². The van der Waals surface area contributed by atoms with Gasteiger partial charge in [0.1, 0.15) is 17.7 Å². The number of anilines is 1. The van der Waals surface area contributed by atoms with E-state index >= 15 is 0 Å². The van der Waals surface area contributed by atoms with Crippen LogP contribution in [0, 0.1) is 5.82 Å². The van der Waals surface area contributed by atoms with Crippen molar-refractivity contribution < 1.29 is 9.13 Å². The minimum Gasteiger partial charge on any atom is -0.485 e. The first-order valence-electron chi connectivity index (χ1n) is 5.47. The number of likely N-dealkylation sites (N-methyl/N-ethyl adjacent to an activating group) is 2. The van der Waals surface area contributed by atoms with Gasteiger partial charge >= 0.3 is 0 Å². The Bertz CT molecular complexity index is 383. The van der Waals surface area contributed by atoms with Crippen molar-refractivity contribution in [3.8, 4) is 5.75 Å². The van der Waals surface area contributed by atoms with Crippen LogP contribution >= 0.6 is 0 Å². The number of halogens is 1. The summed E-state index contributed by atoms with van der Waals surface area (Å²) in [5.74, 6) is 0.524. The Morgan fingerprint density at radius 2 is 2.25 bits per heavy atom. The fourth-order valence-corrected chi connectivity index (χ4v) is 2.01. The van der Waals surface area contributed by atoms with Gasteiger partial charge in [-0.3, -0.25) is 0 Å². The molecule has 1 heterocycles. The first-order chi connectivity index (χ1) is 7.63. The van der Waals surface area contributed by atoms with Crippen molar-refractivity contribution in [1.29, 1.82) is 0 Å². The molecule has 88 valence electrons. The average molecular weight is 224 g/mol. The fraction of sp³-hybridized carbons (Fsp3) is 0.500. The zero-order chi connectivity index (χ0) is 11.7. The number of fused-ring (bicyclic) bond motifs is 1. The Labute approximate surface area is 95.2 Å². The molecule has 0 bridgehead atoms. The molecule has 4 heteroatoms. The number of nitrogens with zero attached hydrogens (tertiary/aromatic N) is 1. The molecule has 1 aliphatic rings. The highest BCUT2D eigenvalue weighted by molar-refractivity contribution is 5.60. The van der Waals surface area contributed by atoms with Crippen LogP contribution in [0.15, 0.2) is 18.2 Å². The Hall–Kier alpha value is -1.29. The van der Waals surface area contributed by atoms with E-state index in [2.05, 4.69) is 17.1 Å². The lowest BCUT2D eigenvalue weighted by atomic mass is 10.1. The quantitative estimate of drug-likeness (QED) is 0.826. The smallest absolute Gasteiger partial charge is 0.143 e. The SMILES string of the molecule is CNCC1Oc2ccc(F)cc2N(C)C1C. The second kappa shape index (κ2) is 4.29. The molecule has 0 fully saturated rings. The molecule has 0 amide bonds. The first kappa shape index (κ1) is 11.2. The highest BCUT2D eigenvalue weighted by Crippen LogP contribution is 2.35. The number of rotatable bonds is 2. The topological polar surface area (TPSA) is 24.5 Å². The maximum Gasteiger partial charge on any atom is 0.143 e. The number of hydrogen-bond acceptors (Lipinski definition) is 3. The van der Waals surface area contributed by atoms with Crippen molar-refractivity contribution in [3.05, 3.63) is 24.0 Å². The summed E-state index contributed by atoms with van der Waals surface area (Å²) >= 11 is 0. The summed E-state index contributed by atoms with van der Waals surface area (Å²) in [6.07, 6.45) is 0.0907. The molecule has 0 saturated heterocycles. The van der Waals surface area contributed by atoms with Crippen LogP contribution in [0.3, 0.4) is 0 Å². The molecule has 1 aromatic rings. The molecule has 0 saturated carbocycles. The van der Waals surface area contributed by atoms with Gasteiger partial charge < -0.3 is 15.0 Å². The third-order valence-corrected chi connectivity index (χ3v) is 3.13. The van der Waals surface area contributed by atoms with Crippen LogP contribution < -0.4 is 15.0 Å². The van der Waals surface area contributed by atoms with Crippen LogP contribution in [0.1, 0.15) is 6.92 Å². The lowest BCUT2D eigenvalue weighted by Crippen LogP contribution is -2.50. The third kappa shape index (κ3) is 1.85. The molecule has 2 atom stereocenters. The third-order valence-electron chi connectivity index (χ3n) is 3.13. The van der Waals surface area contributed by atoms with Gasteiger partial charge in [0.05, 0.1) is 11.7 Å². The van der Waals surface area contributed by atoms with Crippen LogP contribution in [0.2, 0.25) is 0 Å². The Morgan fingerprint density at radius 3 is 2.94 bits per heavy atom. The second-order valence-corrected chi connectivity index (χ2v) is 4.18. The Balaban J connectivity index is 2.32. The predicted molar refractivity (Wildman–Crippen MR) is 62.6 cm³/mol. The van der Waals surface area contributed by atoms with E-state index in [4.69, 9.17) is 4.74 Å². The Kier molecular flexibility index (Phi) is 3.01. The van der Waals surface area contributed by atoms with Gasteiger partial charge in [-0.25, -0.2) is 4.39 Å². The molecule has 2 unspecified atom stereocenters. The molecule has 0 spiro atoms. The lowest BCUT2D eigenvalue weighted by Gasteiger charge is -2.39. The molecule has 0 aromatic heterocycles. The summed E-state index contributed by atoms with van der Waals surface area (Å²) in [6, 6.07) is 4.86. The van der Waals surface area contributed by atoms with Crippen molar-refractivity contribution >= 4 is 5.69 Å². The van der Waals surface area contributed by atoms with Gasteiger partial charge in [-0.1, -0.05) is 0 Å². The fourth-order valence-electron chi connectivity index (χ4n) is 2.01. The summed E-state index contributed by atoms with van der Waals surface area (Å²) in [5.41, 5.74) is 0.819. The van der Waals surface area contributed by atoms with Crippen molar-refractivity contribution in [2.75, 3.05) is 25.5 Å². The molecular weight excluding hydrogens is 207 g/mol. The number of nitrogens with one attached hydrogen (secondary N) is 1. The van der Waals surface area contributed by atoms with Gasteiger partial charge in [-0.15, -0.1) is 0 Å². The molecular formula is C12H17FN2O. The number of hydrogen-bond donors (Lipinski definition) is 1. The molecule has 0 aliphatic carbocycles. The molecule has 16 heavy (non-hydrogen) atoms. The molecule has 1 aromatic carbocycles. The molecule has 1 aliphatic heterocycles. The highest BCUT2D eigenvalue weighted by Gasteiger charge is 2.30. The maximum absolute atomic E-state index is 13.1. The van der Waals surface area contributed by atoms with E-state index in [0.717, 1.165) is 18.0 Å². The van der Waals surface area contributed by atoms with Gasteiger partial charge in [0, 0.05) is 19.7 Å². The van der Waals surface area contributed by atoms with E-state index in [1.165, 1.54) is 12.1 Å². The van der Waals surface area contributed by atoms with Crippen molar-refractivity contribution in [1.82, 2.24) is 5.32 Å².